The molecule has 0 saturated carbocycles. The molecule has 7 heteroatoms. The Morgan fingerprint density at radius 3 is 2.68 bits per heavy atom. The molecule has 0 amide bonds. The van der Waals surface area contributed by atoms with Crippen LogP contribution in [-0.2, 0) is 5.75 Å². The maximum atomic E-state index is 6.03. The molecule has 1 aromatic carbocycles. The van der Waals surface area contributed by atoms with Crippen LogP contribution in [0.3, 0.4) is 0 Å². The van der Waals surface area contributed by atoms with Gasteiger partial charge in [-0.15, -0.1) is 10.2 Å². The van der Waals surface area contributed by atoms with Gasteiger partial charge in [-0.05, 0) is 18.6 Å². The fourth-order valence-electron chi connectivity index (χ4n) is 1.75. The first-order valence-corrected chi connectivity index (χ1v) is 7.63. The van der Waals surface area contributed by atoms with Crippen LogP contribution < -0.4 is 15.2 Å². The maximum absolute atomic E-state index is 6.03. The lowest BCUT2D eigenvalue weighted by molar-refractivity contribution is 0.171. The largest absolute Gasteiger partial charge is 0.486 e. The van der Waals surface area contributed by atoms with E-state index in [0.717, 1.165) is 37.8 Å². The van der Waals surface area contributed by atoms with Crippen LogP contribution in [0.2, 0.25) is 0 Å². The zero-order valence-electron chi connectivity index (χ0n) is 10.4. The Labute approximate surface area is 119 Å². The maximum Gasteiger partial charge on any atom is 0.174 e. The molecule has 0 atom stereocenters. The van der Waals surface area contributed by atoms with Gasteiger partial charge in [-0.25, -0.2) is 0 Å². The smallest absolute Gasteiger partial charge is 0.174 e. The van der Waals surface area contributed by atoms with Crippen LogP contribution in [0.25, 0.3) is 0 Å². The van der Waals surface area contributed by atoms with Gasteiger partial charge in [0, 0.05) is 17.5 Å². The highest BCUT2D eigenvalue weighted by Crippen LogP contribution is 2.37. The van der Waals surface area contributed by atoms with Gasteiger partial charge >= 0.3 is 0 Å². The standard InChI is InChI=1S/C12H13N3O2S2/c1-7-14-15-12(19-7)18-6-8-4-10-11(5-9(8)13)17-3-2-16-10/h4-5H,2-3,6,13H2,1H3. The summed E-state index contributed by atoms with van der Waals surface area (Å²) in [7, 11) is 0. The molecule has 0 unspecified atom stereocenters. The van der Waals surface area contributed by atoms with Crippen LogP contribution in [0.4, 0.5) is 5.69 Å². The summed E-state index contributed by atoms with van der Waals surface area (Å²) in [5.74, 6) is 2.24. The van der Waals surface area contributed by atoms with Gasteiger partial charge in [-0.2, -0.15) is 0 Å². The third-order valence-corrected chi connectivity index (χ3v) is 4.68. The molecular weight excluding hydrogens is 282 g/mol. The normalized spacial score (nSPS) is 13.5. The molecule has 0 saturated heterocycles. The number of nitrogen functional groups attached to an aromatic ring is 1. The highest BCUT2D eigenvalue weighted by Gasteiger charge is 2.15. The number of hydrogen-bond donors (Lipinski definition) is 1. The molecule has 0 bridgehead atoms. The van der Waals surface area contributed by atoms with Crippen LogP contribution in [0.5, 0.6) is 11.5 Å². The highest BCUT2D eigenvalue weighted by atomic mass is 32.2. The third kappa shape index (κ3) is 2.76. The van der Waals surface area contributed by atoms with Crippen molar-refractivity contribution in [2.75, 3.05) is 18.9 Å². The fourth-order valence-corrected chi connectivity index (χ4v) is 3.57. The van der Waals surface area contributed by atoms with Crippen molar-refractivity contribution in [3.8, 4) is 11.5 Å². The number of aryl methyl sites for hydroxylation is 1. The molecule has 0 radical (unpaired) electrons. The van der Waals surface area contributed by atoms with Crippen molar-refractivity contribution in [1.82, 2.24) is 10.2 Å². The second-order valence-corrected chi connectivity index (χ2v) is 6.47. The molecule has 2 heterocycles. The van der Waals surface area contributed by atoms with Crippen LogP contribution in [-0.4, -0.2) is 23.4 Å². The van der Waals surface area contributed by atoms with Gasteiger partial charge in [0.2, 0.25) is 0 Å². The first kappa shape index (κ1) is 12.6. The van der Waals surface area contributed by atoms with E-state index in [0.29, 0.717) is 13.2 Å². The highest BCUT2D eigenvalue weighted by molar-refractivity contribution is 8.00. The molecule has 100 valence electrons. The molecule has 0 spiro atoms. The summed E-state index contributed by atoms with van der Waals surface area (Å²) in [6.07, 6.45) is 0. The lowest BCUT2D eigenvalue weighted by atomic mass is 10.2. The van der Waals surface area contributed by atoms with Gasteiger partial charge in [-0.3, -0.25) is 0 Å². The molecule has 0 fully saturated rings. The number of ether oxygens (including phenoxy) is 2. The Kier molecular flexibility index (Phi) is 3.48. The Bertz CT molecular complexity index is 601. The second-order valence-electron chi connectivity index (χ2n) is 4.07. The lowest BCUT2D eigenvalue weighted by Gasteiger charge is -2.20. The van der Waals surface area contributed by atoms with E-state index in [4.69, 9.17) is 15.2 Å². The average molecular weight is 295 g/mol. The predicted molar refractivity (Wildman–Crippen MR) is 76.1 cm³/mol. The van der Waals surface area contributed by atoms with E-state index < -0.39 is 0 Å². The molecule has 1 aliphatic heterocycles. The van der Waals surface area contributed by atoms with E-state index in [2.05, 4.69) is 10.2 Å². The molecule has 0 aliphatic carbocycles. The third-order valence-electron chi connectivity index (χ3n) is 2.66. The summed E-state index contributed by atoms with van der Waals surface area (Å²) in [5, 5.41) is 9.05. The molecule has 3 rings (SSSR count). The summed E-state index contributed by atoms with van der Waals surface area (Å²) in [6.45, 7) is 3.10. The predicted octanol–water partition coefficient (Wildman–Crippen LogP) is 2.49. The monoisotopic (exact) mass is 295 g/mol. The topological polar surface area (TPSA) is 70.3 Å². The van der Waals surface area contributed by atoms with E-state index in [1.807, 2.05) is 19.1 Å². The number of fused-ring (bicyclic) bond motifs is 1. The number of rotatable bonds is 3. The fraction of sp³-hybridized carbons (Fsp3) is 0.333. The Hall–Kier alpha value is -1.47. The number of aromatic nitrogens is 2. The van der Waals surface area contributed by atoms with Crippen molar-refractivity contribution in [2.45, 2.75) is 17.0 Å². The molecular formula is C12H13N3O2S2. The second kappa shape index (κ2) is 5.26. The van der Waals surface area contributed by atoms with Crippen molar-refractivity contribution < 1.29 is 9.47 Å². The number of hydrogen-bond acceptors (Lipinski definition) is 7. The van der Waals surface area contributed by atoms with Crippen LogP contribution in [0.15, 0.2) is 16.5 Å². The number of thioether (sulfide) groups is 1. The van der Waals surface area contributed by atoms with Gasteiger partial charge in [0.15, 0.2) is 15.8 Å². The molecule has 1 aromatic heterocycles. The molecule has 2 N–H and O–H groups in total. The minimum Gasteiger partial charge on any atom is -0.486 e. The minimum atomic E-state index is 0.574. The average Bonchev–Trinajstić information content (AvgIpc) is 2.82. The van der Waals surface area contributed by atoms with Crippen molar-refractivity contribution in [3.05, 3.63) is 22.7 Å². The van der Waals surface area contributed by atoms with Gasteiger partial charge in [0.05, 0.1) is 0 Å². The molecule has 2 aromatic rings. The van der Waals surface area contributed by atoms with E-state index >= 15 is 0 Å². The minimum absolute atomic E-state index is 0.574. The number of anilines is 1. The summed E-state index contributed by atoms with van der Waals surface area (Å²) < 4.78 is 12.0. The summed E-state index contributed by atoms with van der Waals surface area (Å²) in [6, 6.07) is 3.78. The van der Waals surface area contributed by atoms with Crippen LogP contribution in [0.1, 0.15) is 10.6 Å². The van der Waals surface area contributed by atoms with Gasteiger partial charge in [0.25, 0.3) is 0 Å². The molecule has 5 nitrogen and oxygen atoms in total. The summed E-state index contributed by atoms with van der Waals surface area (Å²) in [4.78, 5) is 0. The van der Waals surface area contributed by atoms with Crippen molar-refractivity contribution in [3.63, 3.8) is 0 Å². The first-order valence-electron chi connectivity index (χ1n) is 5.83. The number of nitrogens with zero attached hydrogens (tertiary/aromatic N) is 2. The van der Waals surface area contributed by atoms with E-state index in [1.165, 1.54) is 0 Å². The Balaban J connectivity index is 1.77. The molecule has 19 heavy (non-hydrogen) atoms. The first-order chi connectivity index (χ1) is 9.22. The van der Waals surface area contributed by atoms with Gasteiger partial charge in [0.1, 0.15) is 18.2 Å². The van der Waals surface area contributed by atoms with Gasteiger partial charge in [-0.1, -0.05) is 23.1 Å². The lowest BCUT2D eigenvalue weighted by Crippen LogP contribution is -2.15. The summed E-state index contributed by atoms with van der Waals surface area (Å²) in [5.41, 5.74) is 7.78. The Morgan fingerprint density at radius 1 is 1.26 bits per heavy atom. The number of benzene rings is 1. The quantitative estimate of drug-likeness (QED) is 0.693. The number of nitrogens with two attached hydrogens (primary N) is 1. The molecule has 1 aliphatic rings. The zero-order valence-corrected chi connectivity index (χ0v) is 12.0. The van der Waals surface area contributed by atoms with Crippen molar-refractivity contribution >= 4 is 28.8 Å². The van der Waals surface area contributed by atoms with Crippen LogP contribution >= 0.6 is 23.1 Å². The van der Waals surface area contributed by atoms with Crippen molar-refractivity contribution in [2.24, 2.45) is 0 Å². The van der Waals surface area contributed by atoms with E-state index in [9.17, 15) is 0 Å². The van der Waals surface area contributed by atoms with E-state index in [-0.39, 0.29) is 0 Å². The summed E-state index contributed by atoms with van der Waals surface area (Å²) >= 11 is 3.21. The van der Waals surface area contributed by atoms with Crippen molar-refractivity contribution in [1.29, 1.82) is 0 Å². The SMILES string of the molecule is Cc1nnc(SCc2cc3c(cc2N)OCCO3)s1. The van der Waals surface area contributed by atoms with Crippen LogP contribution in [0, 0.1) is 6.92 Å². The zero-order chi connectivity index (χ0) is 13.2. The Morgan fingerprint density at radius 2 is 2.00 bits per heavy atom. The van der Waals surface area contributed by atoms with E-state index in [1.54, 1.807) is 23.1 Å². The van der Waals surface area contributed by atoms with Gasteiger partial charge < -0.3 is 15.2 Å².